The second-order valence-corrected chi connectivity index (χ2v) is 6.56. The van der Waals surface area contributed by atoms with Crippen LogP contribution in [-0.2, 0) is 11.3 Å². The van der Waals surface area contributed by atoms with Crippen LogP contribution in [0, 0.1) is 10.1 Å². The Morgan fingerprint density at radius 3 is 2.31 bits per heavy atom. The van der Waals surface area contributed by atoms with Gasteiger partial charge in [-0.05, 0) is 17.2 Å². The van der Waals surface area contributed by atoms with Crippen molar-refractivity contribution in [3.8, 4) is 0 Å². The minimum absolute atomic E-state index is 0.0294. The molecule has 142 valence electrons. The summed E-state index contributed by atoms with van der Waals surface area (Å²) in [7, 11) is 0. The number of nitro groups is 1. The molecule has 0 radical (unpaired) electrons. The quantitative estimate of drug-likeness (QED) is 0.372. The van der Waals surface area contributed by atoms with E-state index in [1.165, 1.54) is 12.1 Å². The van der Waals surface area contributed by atoms with Crippen LogP contribution < -0.4 is 0 Å². The lowest BCUT2D eigenvalue weighted by Gasteiger charge is -2.18. The Balaban J connectivity index is 1.74. The predicted octanol–water partition coefficient (Wildman–Crippen LogP) is 4.42. The summed E-state index contributed by atoms with van der Waals surface area (Å²) in [5.74, 6) is 0.329. The fourth-order valence-electron chi connectivity index (χ4n) is 3.16. The second kappa shape index (κ2) is 7.90. The van der Waals surface area contributed by atoms with Crippen molar-refractivity contribution in [2.75, 3.05) is 0 Å². The van der Waals surface area contributed by atoms with Crippen molar-refractivity contribution in [2.24, 2.45) is 4.99 Å². The van der Waals surface area contributed by atoms with Gasteiger partial charge in [0.2, 0.25) is 0 Å². The first kappa shape index (κ1) is 18.3. The van der Waals surface area contributed by atoms with Crippen LogP contribution in [0.4, 0.5) is 5.69 Å². The van der Waals surface area contributed by atoms with Crippen molar-refractivity contribution in [2.45, 2.75) is 6.54 Å². The van der Waals surface area contributed by atoms with E-state index in [9.17, 15) is 14.9 Å². The van der Waals surface area contributed by atoms with Gasteiger partial charge in [-0.25, -0.2) is 4.99 Å². The van der Waals surface area contributed by atoms with Crippen LogP contribution >= 0.6 is 0 Å². The summed E-state index contributed by atoms with van der Waals surface area (Å²) in [6.07, 6.45) is 1.59. The number of carbonyl (C=O) groups is 1. The number of non-ortho nitro benzene ring substituents is 1. The molecular formula is C23H17N3O3. The summed E-state index contributed by atoms with van der Waals surface area (Å²) in [4.78, 5) is 29.9. The maximum absolute atomic E-state index is 13.1. The number of amides is 1. The first-order chi connectivity index (χ1) is 14.1. The fraction of sp³-hybridized carbons (Fsp3) is 0.0435. The molecule has 1 heterocycles. The standard InChI is InChI=1S/C23H17N3O3/c27-23-21(15-18-10-7-13-20(14-18)26(28)29)24-22(19-11-5-2-6-12-19)25(23)16-17-8-3-1-4-9-17/h1-15H,16H2/b21-15+. The molecule has 3 aromatic rings. The molecule has 6 heteroatoms. The van der Waals surface area contributed by atoms with Gasteiger partial charge in [0.15, 0.2) is 0 Å². The van der Waals surface area contributed by atoms with Gasteiger partial charge in [-0.1, -0.05) is 72.8 Å². The number of nitrogens with zero attached hydrogens (tertiary/aromatic N) is 3. The SMILES string of the molecule is O=C1/C(=C\c2cccc([N+](=O)[O-])c2)N=C(c2ccccc2)N1Cc1ccccc1. The number of benzene rings is 3. The summed E-state index contributed by atoms with van der Waals surface area (Å²) in [5.41, 5.74) is 2.60. The van der Waals surface area contributed by atoms with Crippen LogP contribution in [0.25, 0.3) is 6.08 Å². The van der Waals surface area contributed by atoms with Crippen molar-refractivity contribution in [3.63, 3.8) is 0 Å². The van der Waals surface area contributed by atoms with Crippen LogP contribution in [0.3, 0.4) is 0 Å². The molecule has 0 saturated heterocycles. The van der Waals surface area contributed by atoms with Gasteiger partial charge in [-0.3, -0.25) is 19.8 Å². The van der Waals surface area contributed by atoms with Crippen LogP contribution in [0.1, 0.15) is 16.7 Å². The Morgan fingerprint density at radius 2 is 1.62 bits per heavy atom. The number of nitro benzene ring substituents is 1. The van der Waals surface area contributed by atoms with Crippen molar-refractivity contribution < 1.29 is 9.72 Å². The summed E-state index contributed by atoms with van der Waals surface area (Å²) in [6, 6.07) is 25.3. The monoisotopic (exact) mass is 383 g/mol. The highest BCUT2D eigenvalue weighted by Gasteiger charge is 2.31. The van der Waals surface area contributed by atoms with E-state index in [0.29, 0.717) is 17.9 Å². The number of carbonyl (C=O) groups excluding carboxylic acids is 1. The van der Waals surface area contributed by atoms with E-state index >= 15 is 0 Å². The van der Waals surface area contributed by atoms with E-state index in [1.54, 1.807) is 23.1 Å². The molecule has 0 N–H and O–H groups in total. The van der Waals surface area contributed by atoms with E-state index in [-0.39, 0.29) is 17.3 Å². The molecule has 3 aromatic carbocycles. The number of hydrogen-bond acceptors (Lipinski definition) is 4. The van der Waals surface area contributed by atoms with Gasteiger partial charge in [0.05, 0.1) is 11.5 Å². The number of rotatable bonds is 5. The minimum atomic E-state index is -0.459. The highest BCUT2D eigenvalue weighted by molar-refractivity contribution is 6.19. The molecule has 1 amide bonds. The highest BCUT2D eigenvalue weighted by atomic mass is 16.6. The Hall–Kier alpha value is -4.06. The van der Waals surface area contributed by atoms with Crippen molar-refractivity contribution >= 4 is 23.5 Å². The van der Waals surface area contributed by atoms with E-state index in [1.807, 2.05) is 60.7 Å². The highest BCUT2D eigenvalue weighted by Crippen LogP contribution is 2.25. The Bertz CT molecular complexity index is 1120. The predicted molar refractivity (Wildman–Crippen MR) is 111 cm³/mol. The smallest absolute Gasteiger partial charge is 0.278 e. The van der Waals surface area contributed by atoms with Crippen LogP contribution in [0.5, 0.6) is 0 Å². The maximum Gasteiger partial charge on any atom is 0.278 e. The van der Waals surface area contributed by atoms with Crippen molar-refractivity contribution in [3.05, 3.63) is 117 Å². The summed E-state index contributed by atoms with van der Waals surface area (Å²) < 4.78 is 0. The van der Waals surface area contributed by atoms with Crippen LogP contribution in [0.15, 0.2) is 95.6 Å². The first-order valence-corrected chi connectivity index (χ1v) is 9.08. The van der Waals surface area contributed by atoms with Gasteiger partial charge in [0, 0.05) is 17.7 Å². The summed E-state index contributed by atoms with van der Waals surface area (Å²) in [6.45, 7) is 0.389. The lowest BCUT2D eigenvalue weighted by atomic mass is 10.1. The molecule has 0 atom stereocenters. The molecule has 0 bridgehead atoms. The first-order valence-electron chi connectivity index (χ1n) is 9.08. The number of aliphatic imine (C=N–C) groups is 1. The largest absolute Gasteiger partial charge is 0.286 e. The Labute approximate surface area is 167 Å². The third kappa shape index (κ3) is 3.96. The summed E-state index contributed by atoms with van der Waals surface area (Å²) >= 11 is 0. The molecule has 0 aliphatic carbocycles. The zero-order valence-electron chi connectivity index (χ0n) is 15.4. The minimum Gasteiger partial charge on any atom is -0.286 e. The topological polar surface area (TPSA) is 75.8 Å². The lowest BCUT2D eigenvalue weighted by Crippen LogP contribution is -2.32. The molecule has 0 saturated carbocycles. The molecule has 0 unspecified atom stereocenters. The third-order valence-electron chi connectivity index (χ3n) is 4.55. The maximum atomic E-state index is 13.1. The summed E-state index contributed by atoms with van der Waals surface area (Å²) in [5, 5.41) is 11.0. The van der Waals surface area contributed by atoms with Crippen LogP contribution in [-0.4, -0.2) is 21.6 Å². The fourth-order valence-corrected chi connectivity index (χ4v) is 3.16. The van der Waals surface area contributed by atoms with E-state index in [0.717, 1.165) is 11.1 Å². The molecule has 0 fully saturated rings. The molecular weight excluding hydrogens is 366 g/mol. The number of hydrogen-bond donors (Lipinski definition) is 0. The molecule has 1 aliphatic heterocycles. The van der Waals surface area contributed by atoms with Crippen molar-refractivity contribution in [1.82, 2.24) is 4.90 Å². The van der Waals surface area contributed by atoms with Gasteiger partial charge in [0.25, 0.3) is 11.6 Å². The lowest BCUT2D eigenvalue weighted by molar-refractivity contribution is -0.384. The number of amidine groups is 1. The second-order valence-electron chi connectivity index (χ2n) is 6.56. The Morgan fingerprint density at radius 1 is 0.931 bits per heavy atom. The van der Waals surface area contributed by atoms with E-state index < -0.39 is 4.92 Å². The Kier molecular flexibility index (Phi) is 4.99. The van der Waals surface area contributed by atoms with Gasteiger partial charge < -0.3 is 0 Å². The van der Waals surface area contributed by atoms with Crippen LogP contribution in [0.2, 0.25) is 0 Å². The molecule has 0 spiro atoms. The average Bonchev–Trinajstić information content (AvgIpc) is 3.05. The molecule has 4 rings (SSSR count). The zero-order valence-corrected chi connectivity index (χ0v) is 15.4. The van der Waals surface area contributed by atoms with Gasteiger partial charge in [0.1, 0.15) is 11.5 Å². The van der Waals surface area contributed by atoms with Gasteiger partial charge >= 0.3 is 0 Å². The molecule has 0 aromatic heterocycles. The van der Waals surface area contributed by atoms with E-state index in [2.05, 4.69) is 4.99 Å². The van der Waals surface area contributed by atoms with E-state index in [4.69, 9.17) is 0 Å². The van der Waals surface area contributed by atoms with Crippen molar-refractivity contribution in [1.29, 1.82) is 0 Å². The van der Waals surface area contributed by atoms with Gasteiger partial charge in [-0.2, -0.15) is 0 Å². The average molecular weight is 383 g/mol. The molecule has 29 heavy (non-hydrogen) atoms. The normalized spacial score (nSPS) is 14.9. The van der Waals surface area contributed by atoms with Gasteiger partial charge in [-0.15, -0.1) is 0 Å². The zero-order chi connectivity index (χ0) is 20.2. The molecule has 6 nitrogen and oxygen atoms in total. The third-order valence-corrected chi connectivity index (χ3v) is 4.55. The molecule has 1 aliphatic rings.